The zero-order chi connectivity index (χ0) is 38.8. The molecule has 2 aliphatic rings. The molecule has 18 nitrogen and oxygen atoms in total. The minimum Gasteiger partial charge on any atom is -0.394 e. The van der Waals surface area contributed by atoms with E-state index in [1.807, 2.05) is 38.1 Å². The lowest BCUT2D eigenvalue weighted by atomic mass is 9.95. The molecule has 2 aromatic rings. The molecule has 0 bridgehead atoms. The molecule has 3 heterocycles. The molecule has 2 fully saturated rings. The number of aliphatic hydroxyl groups is 3. The molecule has 2 saturated heterocycles. The molecule has 1 aromatic carbocycles. The highest BCUT2D eigenvalue weighted by Crippen LogP contribution is 2.22. The zero-order valence-electron chi connectivity index (χ0n) is 30.1. The molecular formula is C35H52N8O10. The van der Waals surface area contributed by atoms with Gasteiger partial charge in [0.05, 0.1) is 13.0 Å². The van der Waals surface area contributed by atoms with Gasteiger partial charge >= 0.3 is 0 Å². The third-order valence-electron chi connectivity index (χ3n) is 9.27. The number of unbranched alkanes of at least 4 members (excludes halogenated alkanes) is 1. The molecule has 9 atom stereocenters. The highest BCUT2D eigenvalue weighted by molar-refractivity contribution is 5.99. The molecule has 6 amide bonds. The maximum absolute atomic E-state index is 13.9. The number of aromatic amines is 1. The third kappa shape index (κ3) is 11.0. The quantitative estimate of drug-likeness (QED) is 0.0938. The highest BCUT2D eigenvalue weighted by atomic mass is 16.5. The summed E-state index contributed by atoms with van der Waals surface area (Å²) in [6.07, 6.45) is -3.63. The lowest BCUT2D eigenvalue weighted by Gasteiger charge is -2.42. The number of ether oxygens (including phenoxy) is 1. The Labute approximate surface area is 306 Å². The maximum Gasteiger partial charge on any atom is 0.243 e. The van der Waals surface area contributed by atoms with Crippen molar-refractivity contribution < 1.29 is 48.8 Å². The van der Waals surface area contributed by atoms with Crippen LogP contribution in [0.5, 0.6) is 0 Å². The summed E-state index contributed by atoms with van der Waals surface area (Å²) in [6, 6.07) is 1.12. The zero-order valence-corrected chi connectivity index (χ0v) is 30.1. The summed E-state index contributed by atoms with van der Waals surface area (Å²) < 4.78 is 5.57. The van der Waals surface area contributed by atoms with Gasteiger partial charge in [0.15, 0.2) is 6.23 Å². The van der Waals surface area contributed by atoms with Crippen LogP contribution in [-0.4, -0.2) is 124 Å². The van der Waals surface area contributed by atoms with Crippen molar-refractivity contribution in [3.63, 3.8) is 0 Å². The predicted molar refractivity (Wildman–Crippen MR) is 190 cm³/mol. The fourth-order valence-electron chi connectivity index (χ4n) is 6.53. The van der Waals surface area contributed by atoms with E-state index in [9.17, 15) is 44.1 Å². The topological polar surface area (TPSA) is 286 Å². The number of aliphatic hydroxyl groups excluding tert-OH is 3. The van der Waals surface area contributed by atoms with Gasteiger partial charge in [0.2, 0.25) is 35.4 Å². The summed E-state index contributed by atoms with van der Waals surface area (Å²) in [6.45, 7) is 4.43. The molecular weight excluding hydrogens is 692 g/mol. The number of fused-ring (bicyclic) bond motifs is 1. The lowest BCUT2D eigenvalue weighted by molar-refractivity contribution is -0.203. The molecule has 2 aliphatic heterocycles. The van der Waals surface area contributed by atoms with Crippen molar-refractivity contribution in [3.8, 4) is 0 Å². The molecule has 18 heteroatoms. The van der Waals surface area contributed by atoms with E-state index in [0.29, 0.717) is 19.4 Å². The summed E-state index contributed by atoms with van der Waals surface area (Å²) in [5, 5.41) is 47.1. The van der Waals surface area contributed by atoms with E-state index in [0.717, 1.165) is 23.4 Å². The van der Waals surface area contributed by atoms with E-state index in [1.165, 1.54) is 0 Å². The Bertz CT molecular complexity index is 1620. The largest absolute Gasteiger partial charge is 0.394 e. The smallest absolute Gasteiger partial charge is 0.243 e. The van der Waals surface area contributed by atoms with Crippen LogP contribution >= 0.6 is 0 Å². The van der Waals surface area contributed by atoms with E-state index < -0.39 is 103 Å². The van der Waals surface area contributed by atoms with Gasteiger partial charge in [-0.3, -0.25) is 28.8 Å². The van der Waals surface area contributed by atoms with Crippen LogP contribution in [0.4, 0.5) is 0 Å². The van der Waals surface area contributed by atoms with Crippen LogP contribution in [0.15, 0.2) is 30.5 Å². The molecule has 1 aromatic heterocycles. The van der Waals surface area contributed by atoms with Crippen LogP contribution in [0.3, 0.4) is 0 Å². The van der Waals surface area contributed by atoms with Crippen molar-refractivity contribution in [1.29, 1.82) is 0 Å². The van der Waals surface area contributed by atoms with Crippen LogP contribution in [0.1, 0.15) is 58.4 Å². The molecule has 0 unspecified atom stereocenters. The molecule has 4 rings (SSSR count). The van der Waals surface area contributed by atoms with Crippen molar-refractivity contribution in [2.24, 2.45) is 11.7 Å². The summed E-state index contributed by atoms with van der Waals surface area (Å²) in [4.78, 5) is 84.0. The average molecular weight is 745 g/mol. The Hall–Kier alpha value is -4.62. The van der Waals surface area contributed by atoms with Crippen molar-refractivity contribution in [3.05, 3.63) is 36.0 Å². The number of carbonyl (C=O) groups excluding carboxylic acids is 6. The number of carbonyl (C=O) groups is 6. The van der Waals surface area contributed by atoms with Crippen LogP contribution in [-0.2, 0) is 39.9 Å². The Morgan fingerprint density at radius 1 is 0.868 bits per heavy atom. The monoisotopic (exact) mass is 744 g/mol. The Morgan fingerprint density at radius 3 is 2.17 bits per heavy atom. The Kier molecular flexibility index (Phi) is 14.7. The Balaban J connectivity index is 1.62. The number of benzene rings is 1. The average Bonchev–Trinajstić information content (AvgIpc) is 3.51. The second-order valence-corrected chi connectivity index (χ2v) is 14.0. The fraction of sp³-hybridized carbons (Fsp3) is 0.600. The third-order valence-corrected chi connectivity index (χ3v) is 9.27. The number of hydrogen-bond donors (Lipinski definition) is 11. The number of rotatable bonds is 13. The summed E-state index contributed by atoms with van der Waals surface area (Å²) >= 11 is 0. The predicted octanol–water partition coefficient (Wildman–Crippen LogP) is -2.71. The van der Waals surface area contributed by atoms with Gasteiger partial charge in [-0.25, -0.2) is 0 Å². The minimum absolute atomic E-state index is 0.0788. The SMILES string of the molecule is CC(=O)N[C@@H]1[C@@H](O)[C@H](O)[C@@H](CO)O[C@H]1NC(=O)C[C@@H]1NC(=O)[C@H](CC(C)C)NC(=O)[C@H](Cc2c[nH]c3ccccc23)NC(=O)[C@H](CCCCN)NC1=O. The van der Waals surface area contributed by atoms with Gasteiger partial charge in [-0.2, -0.15) is 0 Å². The normalized spacial score (nSPS) is 28.6. The van der Waals surface area contributed by atoms with Crippen LogP contribution in [0, 0.1) is 5.92 Å². The van der Waals surface area contributed by atoms with Crippen LogP contribution < -0.4 is 37.6 Å². The first kappa shape index (κ1) is 41.1. The molecule has 0 aliphatic carbocycles. The van der Waals surface area contributed by atoms with Crippen LogP contribution in [0.2, 0.25) is 0 Å². The van der Waals surface area contributed by atoms with Gasteiger partial charge < -0.3 is 62.7 Å². The Morgan fingerprint density at radius 2 is 1.49 bits per heavy atom. The van der Waals surface area contributed by atoms with Gasteiger partial charge in [0.25, 0.3) is 0 Å². The highest BCUT2D eigenvalue weighted by Gasteiger charge is 2.46. The molecule has 0 saturated carbocycles. The molecule has 0 radical (unpaired) electrons. The fourth-order valence-corrected chi connectivity index (χ4v) is 6.53. The molecule has 53 heavy (non-hydrogen) atoms. The number of amides is 6. The molecule has 0 spiro atoms. The summed E-state index contributed by atoms with van der Waals surface area (Å²) in [5.74, 6) is -4.48. The van der Waals surface area contributed by atoms with Gasteiger partial charge in [-0.1, -0.05) is 32.0 Å². The lowest BCUT2D eigenvalue weighted by Crippen LogP contribution is -2.68. The minimum atomic E-state index is -1.65. The second-order valence-electron chi connectivity index (χ2n) is 14.0. The maximum atomic E-state index is 13.9. The van der Waals surface area contributed by atoms with E-state index in [2.05, 4.69) is 36.9 Å². The number of para-hydroxylation sites is 1. The number of H-pyrrole nitrogens is 1. The first-order valence-electron chi connectivity index (χ1n) is 17.9. The van der Waals surface area contributed by atoms with E-state index >= 15 is 0 Å². The number of nitrogens with two attached hydrogens (primary N) is 1. The van der Waals surface area contributed by atoms with Crippen molar-refractivity contribution in [1.82, 2.24) is 36.9 Å². The van der Waals surface area contributed by atoms with Gasteiger partial charge in [-0.05, 0) is 49.8 Å². The van der Waals surface area contributed by atoms with Crippen molar-refractivity contribution in [2.75, 3.05) is 13.2 Å². The van der Waals surface area contributed by atoms with Crippen LogP contribution in [0.25, 0.3) is 10.9 Å². The molecule has 292 valence electrons. The summed E-state index contributed by atoms with van der Waals surface area (Å²) in [5.41, 5.74) is 7.27. The first-order valence-corrected chi connectivity index (χ1v) is 17.9. The van der Waals surface area contributed by atoms with Gasteiger partial charge in [0.1, 0.15) is 48.5 Å². The number of aromatic nitrogens is 1. The molecule has 12 N–H and O–H groups in total. The van der Waals surface area contributed by atoms with Crippen molar-refractivity contribution >= 4 is 46.3 Å². The second kappa shape index (κ2) is 18.9. The van der Waals surface area contributed by atoms with Crippen molar-refractivity contribution in [2.45, 2.75) is 114 Å². The van der Waals surface area contributed by atoms with E-state index in [-0.39, 0.29) is 25.2 Å². The number of hydrogen-bond acceptors (Lipinski definition) is 11. The van der Waals surface area contributed by atoms with E-state index in [4.69, 9.17) is 10.5 Å². The first-order chi connectivity index (χ1) is 25.2. The standard InChI is InChI=1S/C35H52N8O10/c1-17(2)12-23-32(50)42-25(14-27(46)43-35-28(38-18(3)45)30(48)29(47)26(16-44)53-35)34(52)39-22(10-6-7-11-36)31(49)41-24(33(51)40-23)13-19-15-37-21-9-5-4-8-20(19)21/h4-5,8-9,15,17,22-26,28-30,35,37,44,47-48H,6-7,10-14,16,36H2,1-3H3,(H,38,45)(H,39,52)(H,40,51)(H,41,49)(H,42,50)(H,43,46)/t22-,23-,24-,25-,26+,28+,29+,30+,35+/m0/s1. The van der Waals surface area contributed by atoms with E-state index in [1.54, 1.807) is 6.20 Å². The van der Waals surface area contributed by atoms with Gasteiger partial charge in [0, 0.05) is 30.4 Å². The van der Waals surface area contributed by atoms with Gasteiger partial charge in [-0.15, -0.1) is 0 Å². The number of nitrogens with one attached hydrogen (secondary N) is 7. The summed E-state index contributed by atoms with van der Waals surface area (Å²) in [7, 11) is 0.